The van der Waals surface area contributed by atoms with Gasteiger partial charge in [-0.2, -0.15) is 0 Å². The lowest BCUT2D eigenvalue weighted by Gasteiger charge is -2.25. The largest absolute Gasteiger partial charge is 0.468 e. The minimum Gasteiger partial charge on any atom is -0.468 e. The number of carbonyl (C=O) groups excluding carboxylic acids is 2. The van der Waals surface area contributed by atoms with Crippen LogP contribution in [0.4, 0.5) is 0 Å². The first-order valence-electron chi connectivity index (χ1n) is 7.74. The molecular formula is C17H25NO4Si. The second-order valence-corrected chi connectivity index (χ2v) is 12.3. The van der Waals surface area contributed by atoms with Gasteiger partial charge in [-0.25, -0.2) is 0 Å². The van der Waals surface area contributed by atoms with Crippen LogP contribution in [-0.2, 0) is 31.9 Å². The average molecular weight is 335 g/mol. The highest BCUT2D eigenvalue weighted by Crippen LogP contribution is 2.40. The van der Waals surface area contributed by atoms with Gasteiger partial charge >= 0.3 is 11.9 Å². The summed E-state index contributed by atoms with van der Waals surface area (Å²) >= 11 is 0. The highest BCUT2D eigenvalue weighted by molar-refractivity contribution is 6.89. The van der Waals surface area contributed by atoms with E-state index in [4.69, 9.17) is 9.47 Å². The Morgan fingerprint density at radius 3 is 1.87 bits per heavy atom. The number of aryl methyl sites for hydroxylation is 2. The van der Waals surface area contributed by atoms with Gasteiger partial charge < -0.3 is 9.47 Å². The molecule has 1 aliphatic carbocycles. The molecule has 0 N–H and O–H groups in total. The van der Waals surface area contributed by atoms with E-state index in [-0.39, 0.29) is 0 Å². The lowest BCUT2D eigenvalue weighted by atomic mass is 9.84. The first-order valence-corrected chi connectivity index (χ1v) is 11.2. The number of ether oxygens (including phenoxy) is 2. The lowest BCUT2D eigenvalue weighted by Crippen LogP contribution is -2.45. The third-order valence-electron chi connectivity index (χ3n) is 4.66. The molecule has 0 spiro atoms. The van der Waals surface area contributed by atoms with E-state index in [0.29, 0.717) is 12.8 Å². The Hall–Kier alpha value is -1.69. The molecule has 1 aromatic rings. The number of fused-ring (bicyclic) bond motifs is 1. The Labute approximate surface area is 138 Å². The van der Waals surface area contributed by atoms with Gasteiger partial charge in [0.05, 0.1) is 22.3 Å². The van der Waals surface area contributed by atoms with E-state index in [0.717, 1.165) is 22.5 Å². The number of hydrogen-bond donors (Lipinski definition) is 0. The number of rotatable bonds is 3. The van der Waals surface area contributed by atoms with Crippen molar-refractivity contribution < 1.29 is 19.1 Å². The van der Waals surface area contributed by atoms with Crippen LogP contribution in [0.5, 0.6) is 0 Å². The predicted octanol–water partition coefficient (Wildman–Crippen LogP) is 1.67. The van der Waals surface area contributed by atoms with Crippen LogP contribution in [0.3, 0.4) is 0 Å². The fraction of sp³-hybridized carbons (Fsp3) is 0.588. The second kappa shape index (κ2) is 5.74. The van der Waals surface area contributed by atoms with E-state index in [9.17, 15) is 9.59 Å². The minimum absolute atomic E-state index is 0.304. The van der Waals surface area contributed by atoms with Crippen LogP contribution in [0.25, 0.3) is 0 Å². The van der Waals surface area contributed by atoms with E-state index < -0.39 is 25.4 Å². The van der Waals surface area contributed by atoms with Gasteiger partial charge in [0.15, 0.2) is 5.41 Å². The zero-order chi connectivity index (χ0) is 17.6. The highest BCUT2D eigenvalue weighted by atomic mass is 28.3. The molecule has 23 heavy (non-hydrogen) atoms. The Morgan fingerprint density at radius 2 is 1.43 bits per heavy atom. The van der Waals surface area contributed by atoms with Crippen LogP contribution in [-0.4, -0.2) is 39.2 Å². The van der Waals surface area contributed by atoms with Gasteiger partial charge in [0.2, 0.25) is 0 Å². The van der Waals surface area contributed by atoms with Gasteiger partial charge in [-0.15, -0.1) is 0 Å². The molecule has 2 rings (SSSR count). The van der Waals surface area contributed by atoms with Crippen molar-refractivity contribution in [3.8, 4) is 0 Å². The van der Waals surface area contributed by atoms with Crippen molar-refractivity contribution in [3.05, 3.63) is 22.5 Å². The molecule has 126 valence electrons. The molecule has 0 radical (unpaired) electrons. The van der Waals surface area contributed by atoms with Crippen molar-refractivity contribution in [1.82, 2.24) is 4.98 Å². The molecule has 0 unspecified atom stereocenters. The summed E-state index contributed by atoms with van der Waals surface area (Å²) in [6.07, 6.45) is 0.643. The fourth-order valence-corrected chi connectivity index (χ4v) is 6.10. The van der Waals surface area contributed by atoms with Gasteiger partial charge in [-0.1, -0.05) is 19.6 Å². The molecule has 0 aliphatic heterocycles. The first-order chi connectivity index (χ1) is 10.6. The van der Waals surface area contributed by atoms with Crippen molar-refractivity contribution >= 4 is 25.2 Å². The second-order valence-electron chi connectivity index (χ2n) is 7.28. The summed E-state index contributed by atoms with van der Waals surface area (Å²) in [7, 11) is 0.946. The minimum atomic E-state index is -1.68. The molecule has 0 saturated heterocycles. The number of methoxy groups -OCH3 is 2. The zero-order valence-corrected chi connectivity index (χ0v) is 16.0. The molecule has 0 amide bonds. The molecule has 0 fully saturated rings. The summed E-state index contributed by atoms with van der Waals surface area (Å²) in [4.78, 5) is 29.5. The third-order valence-corrected chi connectivity index (χ3v) is 6.82. The Bertz CT molecular complexity index is 660. The Morgan fingerprint density at radius 1 is 0.957 bits per heavy atom. The molecule has 1 aliphatic rings. The first kappa shape index (κ1) is 17.7. The maximum Gasteiger partial charge on any atom is 0.323 e. The molecule has 0 saturated carbocycles. The summed E-state index contributed by atoms with van der Waals surface area (Å²) < 4.78 is 9.88. The maximum absolute atomic E-state index is 12.4. The molecule has 0 bridgehead atoms. The topological polar surface area (TPSA) is 65.5 Å². The summed E-state index contributed by atoms with van der Waals surface area (Å²) in [6, 6.07) is 0. The summed E-state index contributed by atoms with van der Waals surface area (Å²) in [5, 5.41) is 1.24. The van der Waals surface area contributed by atoms with Gasteiger partial charge in [0.25, 0.3) is 0 Å². The van der Waals surface area contributed by atoms with Crippen molar-refractivity contribution in [2.75, 3.05) is 14.2 Å². The van der Waals surface area contributed by atoms with Crippen molar-refractivity contribution in [3.63, 3.8) is 0 Å². The Kier molecular flexibility index (Phi) is 4.41. The number of carbonyl (C=O) groups is 2. The van der Waals surface area contributed by atoms with Crippen molar-refractivity contribution in [2.24, 2.45) is 5.41 Å². The lowest BCUT2D eigenvalue weighted by molar-refractivity contribution is -0.168. The number of hydrogen-bond acceptors (Lipinski definition) is 5. The van der Waals surface area contributed by atoms with E-state index in [1.165, 1.54) is 19.4 Å². The van der Waals surface area contributed by atoms with Crippen LogP contribution in [0, 0.1) is 19.3 Å². The smallest absolute Gasteiger partial charge is 0.323 e. The van der Waals surface area contributed by atoms with E-state index in [1.807, 2.05) is 13.8 Å². The Balaban J connectivity index is 2.70. The van der Waals surface area contributed by atoms with Gasteiger partial charge in [-0.05, 0) is 36.6 Å². The summed E-state index contributed by atoms with van der Waals surface area (Å²) in [5.41, 5.74) is 2.72. The van der Waals surface area contributed by atoms with Crippen LogP contribution < -0.4 is 5.19 Å². The van der Waals surface area contributed by atoms with Crippen LogP contribution in [0.1, 0.15) is 22.5 Å². The van der Waals surface area contributed by atoms with Gasteiger partial charge in [0, 0.05) is 17.8 Å². The molecule has 1 aromatic heterocycles. The van der Waals surface area contributed by atoms with Crippen LogP contribution >= 0.6 is 0 Å². The average Bonchev–Trinajstić information content (AvgIpc) is 2.85. The predicted molar refractivity (Wildman–Crippen MR) is 90.6 cm³/mol. The molecular weight excluding hydrogens is 310 g/mol. The monoisotopic (exact) mass is 335 g/mol. The number of pyridine rings is 1. The van der Waals surface area contributed by atoms with E-state index in [1.54, 1.807) is 0 Å². The molecule has 6 heteroatoms. The van der Waals surface area contributed by atoms with E-state index >= 15 is 0 Å². The number of esters is 2. The van der Waals surface area contributed by atoms with Crippen LogP contribution in [0.15, 0.2) is 0 Å². The molecule has 5 nitrogen and oxygen atoms in total. The maximum atomic E-state index is 12.4. The molecule has 0 aromatic carbocycles. The zero-order valence-electron chi connectivity index (χ0n) is 15.0. The fourth-order valence-electron chi connectivity index (χ4n) is 3.82. The SMILES string of the molecule is COC(=O)C1(C(=O)OC)Cc2c(C)nc(C)c([Si](C)(C)C)c2C1. The third kappa shape index (κ3) is 2.69. The van der Waals surface area contributed by atoms with Crippen molar-refractivity contribution in [1.29, 1.82) is 0 Å². The van der Waals surface area contributed by atoms with Crippen LogP contribution in [0.2, 0.25) is 19.6 Å². The van der Waals surface area contributed by atoms with Crippen molar-refractivity contribution in [2.45, 2.75) is 46.3 Å². The highest BCUT2D eigenvalue weighted by Gasteiger charge is 2.54. The standard InChI is InChI=1S/C17H25NO4Si/c1-10-12-8-17(15(19)21-3,16(20)22-4)9-13(12)14(11(2)18-10)23(5,6)7/h8-9H2,1-7H3. The molecule has 0 atom stereocenters. The normalized spacial score (nSPS) is 16.0. The summed E-state index contributed by atoms with van der Waals surface area (Å²) in [6.45, 7) is 10.7. The van der Waals surface area contributed by atoms with Gasteiger partial charge in [0.1, 0.15) is 0 Å². The quantitative estimate of drug-likeness (QED) is 0.478. The number of nitrogens with zero attached hydrogens (tertiary/aromatic N) is 1. The van der Waals surface area contributed by atoms with E-state index in [2.05, 4.69) is 24.6 Å². The number of aromatic nitrogens is 1. The summed E-state index contributed by atoms with van der Waals surface area (Å²) in [5.74, 6) is -1.06. The van der Waals surface area contributed by atoms with Gasteiger partial charge in [-0.3, -0.25) is 14.6 Å². The molecule has 1 heterocycles.